The van der Waals surface area contributed by atoms with Crippen LogP contribution in [0.25, 0.3) is 16.6 Å². The number of ether oxygens (including phenoxy) is 2. The monoisotopic (exact) mass is 549 g/mol. The molecule has 0 radical (unpaired) electrons. The van der Waals surface area contributed by atoms with Crippen molar-refractivity contribution in [2.45, 2.75) is 50.0 Å². The van der Waals surface area contributed by atoms with Gasteiger partial charge >= 0.3 is 5.92 Å². The third-order valence-corrected chi connectivity index (χ3v) is 8.40. The smallest absolute Gasteiger partial charge is 0.322 e. The number of carbonyl (C=O) groups is 1. The average Bonchev–Trinajstić information content (AvgIpc) is 3.35. The lowest BCUT2D eigenvalue weighted by Crippen LogP contribution is -2.72. The van der Waals surface area contributed by atoms with Gasteiger partial charge in [0.05, 0.1) is 47.8 Å². The Morgan fingerprint density at radius 3 is 2.58 bits per heavy atom. The van der Waals surface area contributed by atoms with Crippen molar-refractivity contribution >= 4 is 17.2 Å². The van der Waals surface area contributed by atoms with Crippen molar-refractivity contribution in [3.05, 3.63) is 42.4 Å². The van der Waals surface area contributed by atoms with Gasteiger partial charge in [-0.05, 0) is 24.6 Å². The van der Waals surface area contributed by atoms with Crippen LogP contribution in [0.5, 0.6) is 5.75 Å². The standard InChI is InChI=1S/C28H29F2N7O3/c1-28(29,30)27(38)37-19-6-20(37)13-35(12-19)25-3-2-17(10-32-25)24-8-21(16-36-26(24)18(9-31)11-33-36)39-5-4-34-14-22-7-23(15-34)40-22/h2-3,8,10-11,16,19-20,22-23H,4-7,12-15H2,1H3. The number of hydrogen-bond acceptors (Lipinski definition) is 8. The number of pyridine rings is 2. The van der Waals surface area contributed by atoms with E-state index in [9.17, 15) is 18.8 Å². The Hall–Kier alpha value is -3.82. The quantitative estimate of drug-likeness (QED) is 0.444. The molecule has 6 aliphatic heterocycles. The van der Waals surface area contributed by atoms with E-state index in [0.29, 0.717) is 55.7 Å². The molecular weight excluding hydrogens is 520 g/mol. The third-order valence-electron chi connectivity index (χ3n) is 8.40. The number of halogens is 2. The van der Waals surface area contributed by atoms with Gasteiger partial charge in [0.25, 0.3) is 5.91 Å². The Kier molecular flexibility index (Phi) is 5.90. The lowest BCUT2D eigenvalue weighted by molar-refractivity contribution is -0.181. The maximum absolute atomic E-state index is 13.6. The van der Waals surface area contributed by atoms with E-state index >= 15 is 0 Å². The second kappa shape index (κ2) is 9.38. The molecule has 4 unspecified atom stereocenters. The molecule has 6 fully saturated rings. The van der Waals surface area contributed by atoms with Crippen LogP contribution in [0.4, 0.5) is 14.6 Å². The Bertz CT molecular complexity index is 1470. The largest absolute Gasteiger partial charge is 0.491 e. The molecule has 9 rings (SSSR count). The Morgan fingerprint density at radius 2 is 1.93 bits per heavy atom. The van der Waals surface area contributed by atoms with Gasteiger partial charge in [0.2, 0.25) is 0 Å². The number of anilines is 1. The van der Waals surface area contributed by atoms with Gasteiger partial charge in [-0.15, -0.1) is 0 Å². The summed E-state index contributed by atoms with van der Waals surface area (Å²) in [4.78, 5) is 22.5. The molecule has 6 saturated heterocycles. The zero-order valence-electron chi connectivity index (χ0n) is 22.0. The lowest BCUT2D eigenvalue weighted by Gasteiger charge is -2.56. The first-order valence-corrected chi connectivity index (χ1v) is 13.6. The molecule has 0 saturated carbocycles. The van der Waals surface area contributed by atoms with Gasteiger partial charge < -0.3 is 19.3 Å². The molecule has 1 amide bonds. The maximum Gasteiger partial charge on any atom is 0.322 e. The van der Waals surface area contributed by atoms with Gasteiger partial charge in [0, 0.05) is 63.4 Å². The third kappa shape index (κ3) is 4.33. The molecule has 0 spiro atoms. The molecule has 3 aromatic rings. The van der Waals surface area contributed by atoms with Gasteiger partial charge in [-0.1, -0.05) is 0 Å². The molecule has 0 aromatic carbocycles. The van der Waals surface area contributed by atoms with Crippen LogP contribution < -0.4 is 9.64 Å². The van der Waals surface area contributed by atoms with Gasteiger partial charge in [-0.3, -0.25) is 9.69 Å². The van der Waals surface area contributed by atoms with E-state index in [-0.39, 0.29) is 12.1 Å². The molecule has 4 bridgehead atoms. The summed E-state index contributed by atoms with van der Waals surface area (Å²) in [7, 11) is 0. The Morgan fingerprint density at radius 1 is 1.18 bits per heavy atom. The number of piperidine rings is 2. The molecule has 4 atom stereocenters. The normalized spacial score (nSPS) is 25.8. The van der Waals surface area contributed by atoms with Crippen molar-refractivity contribution < 1.29 is 23.0 Å². The number of nitriles is 1. The Balaban J connectivity index is 1.08. The van der Waals surface area contributed by atoms with E-state index in [1.807, 2.05) is 23.1 Å². The predicted octanol–water partition coefficient (Wildman–Crippen LogP) is 2.56. The molecule has 0 N–H and O–H groups in total. The summed E-state index contributed by atoms with van der Waals surface area (Å²) < 4.78 is 40.7. The fraction of sp³-hybridized carbons (Fsp3) is 0.500. The SMILES string of the molecule is CC(F)(F)C(=O)N1C2CC1CN(c1ccc(-c3cc(OCCN4CC5CC(C4)O5)cn4ncc(C#N)c34)cn1)C2. The molecule has 10 nitrogen and oxygen atoms in total. The van der Waals surface area contributed by atoms with Gasteiger partial charge in [0.15, 0.2) is 0 Å². The van der Waals surface area contributed by atoms with Crippen LogP contribution in [0.1, 0.15) is 25.3 Å². The van der Waals surface area contributed by atoms with Crippen LogP contribution in [0.2, 0.25) is 0 Å². The maximum atomic E-state index is 13.6. The van der Waals surface area contributed by atoms with Crippen LogP contribution >= 0.6 is 0 Å². The van der Waals surface area contributed by atoms with Crippen LogP contribution in [-0.2, 0) is 9.53 Å². The number of fused-ring (bicyclic) bond motifs is 5. The first-order valence-electron chi connectivity index (χ1n) is 13.6. The molecule has 12 heteroatoms. The number of carbonyl (C=O) groups excluding carboxylic acids is 1. The van der Waals surface area contributed by atoms with Gasteiger partial charge in [-0.25, -0.2) is 9.50 Å². The molecular formula is C28H29F2N7O3. The number of alkyl halides is 2. The fourth-order valence-electron chi connectivity index (χ4n) is 6.48. The minimum absolute atomic E-state index is 0.236. The van der Waals surface area contributed by atoms with Crippen molar-refractivity contribution in [2.75, 3.05) is 44.2 Å². The van der Waals surface area contributed by atoms with E-state index in [2.05, 4.69) is 21.1 Å². The van der Waals surface area contributed by atoms with E-state index < -0.39 is 11.8 Å². The van der Waals surface area contributed by atoms with E-state index in [1.165, 1.54) is 11.1 Å². The summed E-state index contributed by atoms with van der Waals surface area (Å²) in [6.45, 7) is 4.78. The van der Waals surface area contributed by atoms with Crippen molar-refractivity contribution in [3.8, 4) is 22.9 Å². The van der Waals surface area contributed by atoms with Gasteiger partial charge in [-0.2, -0.15) is 19.1 Å². The molecule has 40 heavy (non-hydrogen) atoms. The highest BCUT2D eigenvalue weighted by molar-refractivity contribution is 5.86. The van der Waals surface area contributed by atoms with Crippen LogP contribution in [0, 0.1) is 11.3 Å². The number of amides is 1. The van der Waals surface area contributed by atoms with E-state index in [0.717, 1.165) is 49.4 Å². The number of hydrogen-bond donors (Lipinski definition) is 0. The van der Waals surface area contributed by atoms with E-state index in [1.54, 1.807) is 16.9 Å². The molecule has 208 valence electrons. The molecule has 0 aliphatic carbocycles. The highest BCUT2D eigenvalue weighted by Gasteiger charge is 2.52. The summed E-state index contributed by atoms with van der Waals surface area (Å²) in [5.41, 5.74) is 2.70. The van der Waals surface area contributed by atoms with Crippen molar-refractivity contribution in [2.24, 2.45) is 0 Å². The minimum atomic E-state index is -3.36. The first-order chi connectivity index (χ1) is 19.3. The second-order valence-corrected chi connectivity index (χ2v) is 11.2. The number of aromatic nitrogens is 3. The van der Waals surface area contributed by atoms with Crippen LogP contribution in [0.3, 0.4) is 0 Å². The molecule has 6 aliphatic rings. The fourth-order valence-corrected chi connectivity index (χ4v) is 6.48. The predicted molar refractivity (Wildman–Crippen MR) is 140 cm³/mol. The minimum Gasteiger partial charge on any atom is -0.491 e. The first kappa shape index (κ1) is 25.2. The number of piperazine rings is 1. The van der Waals surface area contributed by atoms with Crippen molar-refractivity contribution in [1.29, 1.82) is 5.26 Å². The zero-order valence-corrected chi connectivity index (χ0v) is 22.0. The average molecular weight is 550 g/mol. The number of rotatable bonds is 7. The van der Waals surface area contributed by atoms with Crippen molar-refractivity contribution in [1.82, 2.24) is 24.4 Å². The highest BCUT2D eigenvalue weighted by Crippen LogP contribution is 2.38. The highest BCUT2D eigenvalue weighted by atomic mass is 19.3. The number of nitrogens with zero attached hydrogens (tertiary/aromatic N) is 7. The van der Waals surface area contributed by atoms with Crippen molar-refractivity contribution in [3.63, 3.8) is 0 Å². The summed E-state index contributed by atoms with van der Waals surface area (Å²) in [6, 6.07) is 7.47. The topological polar surface area (TPSA) is 99.2 Å². The zero-order chi connectivity index (χ0) is 27.6. The van der Waals surface area contributed by atoms with E-state index in [4.69, 9.17) is 9.47 Å². The second-order valence-electron chi connectivity index (χ2n) is 11.2. The summed E-state index contributed by atoms with van der Waals surface area (Å²) in [5.74, 6) is -3.10. The summed E-state index contributed by atoms with van der Waals surface area (Å²) in [5, 5.41) is 14.0. The summed E-state index contributed by atoms with van der Waals surface area (Å²) in [6.07, 6.45) is 7.65. The lowest BCUT2D eigenvalue weighted by atomic mass is 9.86. The molecule has 3 aromatic heterocycles. The Labute approximate surface area is 229 Å². The van der Waals surface area contributed by atoms with Crippen LogP contribution in [-0.4, -0.2) is 99.8 Å². The summed E-state index contributed by atoms with van der Waals surface area (Å²) >= 11 is 0. The van der Waals surface area contributed by atoms with Gasteiger partial charge in [0.1, 0.15) is 24.2 Å². The van der Waals surface area contributed by atoms with Crippen LogP contribution in [0.15, 0.2) is 36.8 Å². The number of morpholine rings is 1. The molecule has 9 heterocycles.